The zero-order valence-electron chi connectivity index (χ0n) is 20.0. The number of methoxy groups -OCH3 is 1. The molecule has 1 aromatic heterocycles. The number of ketones is 1. The molecule has 0 fully saturated rings. The summed E-state index contributed by atoms with van der Waals surface area (Å²) < 4.78 is 25.9. The van der Waals surface area contributed by atoms with Crippen LogP contribution in [-0.2, 0) is 20.9 Å². The van der Waals surface area contributed by atoms with Gasteiger partial charge in [-0.05, 0) is 48.6 Å². The lowest BCUT2D eigenvalue weighted by Crippen LogP contribution is -2.36. The average Bonchev–Trinajstić information content (AvgIpc) is 3.42. The van der Waals surface area contributed by atoms with Crippen LogP contribution in [0.3, 0.4) is 0 Å². The first kappa shape index (κ1) is 24.0. The largest absolute Gasteiger partial charge is 0.497 e. The number of thiophene rings is 1. The highest BCUT2D eigenvalue weighted by Crippen LogP contribution is 2.46. The van der Waals surface area contributed by atoms with Crippen LogP contribution in [0.25, 0.3) is 0 Å². The first-order valence-corrected chi connectivity index (χ1v) is 12.7. The Morgan fingerprint density at radius 3 is 2.56 bits per heavy atom. The van der Waals surface area contributed by atoms with Crippen molar-refractivity contribution in [3.05, 3.63) is 110 Å². The van der Waals surface area contributed by atoms with Crippen LogP contribution in [0.15, 0.2) is 88.6 Å². The minimum Gasteiger partial charge on any atom is -0.497 e. The number of dihydropyridines is 1. The summed E-state index contributed by atoms with van der Waals surface area (Å²) in [5.41, 5.74) is 3.12. The van der Waals surface area contributed by atoms with Crippen LogP contribution < -0.4 is 10.1 Å². The quantitative estimate of drug-likeness (QED) is 0.418. The van der Waals surface area contributed by atoms with Crippen LogP contribution in [0, 0.1) is 5.82 Å². The summed E-state index contributed by atoms with van der Waals surface area (Å²) in [5, 5.41) is 5.31. The molecular weight excluding hydrogens is 477 g/mol. The molecule has 0 saturated carbocycles. The van der Waals surface area contributed by atoms with Gasteiger partial charge in [-0.3, -0.25) is 4.79 Å². The summed E-state index contributed by atoms with van der Waals surface area (Å²) in [4.78, 5) is 28.1. The van der Waals surface area contributed by atoms with Gasteiger partial charge in [-0.1, -0.05) is 36.4 Å². The van der Waals surface area contributed by atoms with Crippen LogP contribution in [0.1, 0.15) is 47.6 Å². The standard InChI is InChI=1S/C29H26FNO4S/c1-17-26(29(33)35-16-18-9-11-20(34-2)12-10-18)27(21-6-3-4-7-22(21)30)28-23(31-17)14-19(15-24(28)32)25-8-5-13-36-25/h3-13,19,27,31H,14-16H2,1-2H3/t19-,27+/m0/s1. The highest BCUT2D eigenvalue weighted by atomic mass is 32.1. The van der Waals surface area contributed by atoms with Crippen LogP contribution in [0.2, 0.25) is 0 Å². The molecule has 5 rings (SSSR count). The fourth-order valence-corrected chi connectivity index (χ4v) is 5.83. The zero-order chi connectivity index (χ0) is 25.2. The van der Waals surface area contributed by atoms with Gasteiger partial charge in [0.1, 0.15) is 18.2 Å². The number of Topliss-reactive ketones (excluding diaryl/α,β-unsaturated/α-hetero) is 1. The maximum Gasteiger partial charge on any atom is 0.337 e. The van der Waals surface area contributed by atoms with E-state index < -0.39 is 17.7 Å². The number of ether oxygens (including phenoxy) is 2. The van der Waals surface area contributed by atoms with Crippen LogP contribution in [0.4, 0.5) is 4.39 Å². The van der Waals surface area contributed by atoms with Crippen molar-refractivity contribution in [2.75, 3.05) is 7.11 Å². The molecule has 7 heteroatoms. The Hall–Kier alpha value is -3.71. The smallest absolute Gasteiger partial charge is 0.337 e. The van der Waals surface area contributed by atoms with Crippen molar-refractivity contribution in [3.63, 3.8) is 0 Å². The molecule has 5 nitrogen and oxygen atoms in total. The van der Waals surface area contributed by atoms with Gasteiger partial charge in [-0.15, -0.1) is 11.3 Å². The fraction of sp³-hybridized carbons (Fsp3) is 0.241. The normalized spacial score (nSPS) is 19.6. The Morgan fingerprint density at radius 2 is 1.86 bits per heavy atom. The molecule has 0 bridgehead atoms. The lowest BCUT2D eigenvalue weighted by molar-refractivity contribution is -0.140. The summed E-state index contributed by atoms with van der Waals surface area (Å²) >= 11 is 1.63. The van der Waals surface area contributed by atoms with E-state index in [1.165, 1.54) is 6.07 Å². The summed E-state index contributed by atoms with van der Waals surface area (Å²) in [6.07, 6.45) is 0.942. The number of allylic oxidation sites excluding steroid dienone is 3. The van der Waals surface area contributed by atoms with Gasteiger partial charge in [0, 0.05) is 39.7 Å². The molecule has 1 N–H and O–H groups in total. The van der Waals surface area contributed by atoms with Crippen molar-refractivity contribution in [1.29, 1.82) is 0 Å². The first-order chi connectivity index (χ1) is 17.5. The molecule has 36 heavy (non-hydrogen) atoms. The number of nitrogens with one attached hydrogen (secondary N) is 1. The Labute approximate surface area is 213 Å². The van der Waals surface area contributed by atoms with E-state index >= 15 is 4.39 Å². The molecule has 0 radical (unpaired) electrons. The number of carbonyl (C=O) groups is 2. The van der Waals surface area contributed by atoms with Crippen LogP contribution in [0.5, 0.6) is 5.75 Å². The maximum absolute atomic E-state index is 15.1. The fourth-order valence-electron chi connectivity index (χ4n) is 5.00. The van der Waals surface area contributed by atoms with E-state index in [0.717, 1.165) is 16.1 Å². The summed E-state index contributed by atoms with van der Waals surface area (Å²) in [6.45, 7) is 1.82. The van der Waals surface area contributed by atoms with Gasteiger partial charge in [0.05, 0.1) is 18.6 Å². The third-order valence-corrected chi connectivity index (χ3v) is 7.77. The van der Waals surface area contributed by atoms with Gasteiger partial charge < -0.3 is 14.8 Å². The number of esters is 1. The monoisotopic (exact) mass is 503 g/mol. The highest BCUT2D eigenvalue weighted by Gasteiger charge is 2.42. The number of benzene rings is 2. The molecule has 184 valence electrons. The summed E-state index contributed by atoms with van der Waals surface area (Å²) in [7, 11) is 1.58. The molecule has 2 aliphatic rings. The van der Waals surface area contributed by atoms with Crippen molar-refractivity contribution in [2.45, 2.75) is 38.2 Å². The van der Waals surface area contributed by atoms with E-state index in [2.05, 4.69) is 5.32 Å². The third kappa shape index (κ3) is 4.58. The van der Waals surface area contributed by atoms with Gasteiger partial charge in [0.2, 0.25) is 0 Å². The van der Waals surface area contributed by atoms with Crippen LogP contribution >= 0.6 is 11.3 Å². The second kappa shape index (κ2) is 10.1. The minimum atomic E-state index is -0.831. The molecule has 0 spiro atoms. The number of hydrogen-bond donors (Lipinski definition) is 1. The lowest BCUT2D eigenvalue weighted by atomic mass is 9.72. The number of carbonyl (C=O) groups excluding carboxylic acids is 2. The molecule has 1 aliphatic carbocycles. The van der Waals surface area contributed by atoms with Crippen molar-refractivity contribution in [3.8, 4) is 5.75 Å². The van der Waals surface area contributed by atoms with Gasteiger partial charge in [-0.25, -0.2) is 9.18 Å². The molecule has 0 unspecified atom stereocenters. The topological polar surface area (TPSA) is 64.6 Å². The van der Waals surface area contributed by atoms with Gasteiger partial charge in [-0.2, -0.15) is 0 Å². The van der Waals surface area contributed by atoms with Gasteiger partial charge >= 0.3 is 5.97 Å². The van der Waals surface area contributed by atoms with Crippen molar-refractivity contribution < 1.29 is 23.5 Å². The predicted molar refractivity (Wildman–Crippen MR) is 136 cm³/mol. The van der Waals surface area contributed by atoms with E-state index in [-0.39, 0.29) is 23.9 Å². The second-order valence-corrected chi connectivity index (χ2v) is 9.96. The molecule has 1 aliphatic heterocycles. The maximum atomic E-state index is 15.1. The number of hydrogen-bond acceptors (Lipinski definition) is 6. The Balaban J connectivity index is 1.49. The number of halogens is 1. The van der Waals surface area contributed by atoms with E-state index in [1.807, 2.05) is 29.6 Å². The minimum absolute atomic E-state index is 0.0455. The Bertz CT molecular complexity index is 1360. The molecule has 2 heterocycles. The lowest BCUT2D eigenvalue weighted by Gasteiger charge is -2.36. The summed E-state index contributed by atoms with van der Waals surface area (Å²) in [5.74, 6) is -1.19. The van der Waals surface area contributed by atoms with E-state index in [1.54, 1.807) is 55.7 Å². The van der Waals surface area contributed by atoms with Gasteiger partial charge in [0.15, 0.2) is 5.78 Å². The van der Waals surface area contributed by atoms with Crippen molar-refractivity contribution >= 4 is 23.1 Å². The van der Waals surface area contributed by atoms with Gasteiger partial charge in [0.25, 0.3) is 0 Å². The van der Waals surface area contributed by atoms with Crippen molar-refractivity contribution in [1.82, 2.24) is 5.32 Å². The van der Waals surface area contributed by atoms with Crippen molar-refractivity contribution in [2.24, 2.45) is 0 Å². The zero-order valence-corrected chi connectivity index (χ0v) is 20.9. The molecule has 2 aromatic carbocycles. The summed E-state index contributed by atoms with van der Waals surface area (Å²) in [6, 6.07) is 17.5. The average molecular weight is 504 g/mol. The molecule has 0 saturated heterocycles. The molecule has 2 atom stereocenters. The van der Waals surface area contributed by atoms with Crippen LogP contribution in [-0.4, -0.2) is 18.9 Å². The highest BCUT2D eigenvalue weighted by molar-refractivity contribution is 7.10. The van der Waals surface area contributed by atoms with E-state index in [0.29, 0.717) is 35.4 Å². The molecular formula is C29H26FNO4S. The molecule has 3 aromatic rings. The Morgan fingerprint density at radius 1 is 1.08 bits per heavy atom. The second-order valence-electron chi connectivity index (χ2n) is 8.98. The number of rotatable bonds is 6. The first-order valence-electron chi connectivity index (χ1n) is 11.8. The SMILES string of the molecule is COc1ccc(COC(=O)C2=C(C)NC3=C(C(=O)C[C@@H](c4cccs4)C3)[C@@H]2c2ccccc2F)cc1. The molecule has 0 amide bonds. The van der Waals surface area contributed by atoms with E-state index in [9.17, 15) is 9.59 Å². The Kier molecular flexibility index (Phi) is 6.74. The predicted octanol–water partition coefficient (Wildman–Crippen LogP) is 6.00. The van der Waals surface area contributed by atoms with E-state index in [4.69, 9.17) is 9.47 Å². The third-order valence-electron chi connectivity index (χ3n) is 6.74.